The Labute approximate surface area is 139 Å². The van der Waals surface area contributed by atoms with E-state index in [0.29, 0.717) is 21.4 Å². The van der Waals surface area contributed by atoms with E-state index >= 15 is 0 Å². The largest absolute Gasteiger partial charge is 0.318 e. The molecule has 0 unspecified atom stereocenters. The molecule has 0 aliphatic rings. The van der Waals surface area contributed by atoms with Crippen LogP contribution < -0.4 is 10.6 Å². The van der Waals surface area contributed by atoms with Gasteiger partial charge in [0.1, 0.15) is 0 Å². The zero-order valence-electron chi connectivity index (χ0n) is 10.5. The van der Waals surface area contributed by atoms with E-state index in [1.165, 1.54) is 12.1 Å². The van der Waals surface area contributed by atoms with Crippen molar-refractivity contribution in [3.05, 3.63) is 57.0 Å². The number of carbonyl (C=O) groups is 2. The van der Waals surface area contributed by atoms with Crippen molar-refractivity contribution in [2.24, 2.45) is 0 Å². The molecule has 0 saturated heterocycles. The van der Waals surface area contributed by atoms with Crippen molar-refractivity contribution >= 4 is 62.3 Å². The van der Waals surface area contributed by atoms with Gasteiger partial charge in [0.2, 0.25) is 0 Å². The van der Waals surface area contributed by atoms with Gasteiger partial charge in [-0.1, -0.05) is 39.1 Å². The summed E-state index contributed by atoms with van der Waals surface area (Å²) in [4.78, 5) is 23.5. The molecule has 2 aromatic rings. The second-order valence-electron chi connectivity index (χ2n) is 4.04. The molecule has 0 heterocycles. The monoisotopic (exact) mass is 386 g/mol. The fourth-order valence-electron chi connectivity index (χ4n) is 1.48. The summed E-state index contributed by atoms with van der Waals surface area (Å²) < 4.78 is 0.876. The highest BCUT2D eigenvalue weighted by atomic mass is 79.9. The van der Waals surface area contributed by atoms with E-state index in [0.717, 1.165) is 4.47 Å². The standard InChI is InChI=1S/C14H9BrCl2N2O2/c15-8-1-3-9(4-2-8)18-13(20)14(21)19-10-5-6-11(16)12(17)7-10/h1-7H,(H,18,20)(H,19,21). The Kier molecular flexibility index (Phi) is 5.22. The van der Waals surface area contributed by atoms with Gasteiger partial charge in [-0.2, -0.15) is 0 Å². The summed E-state index contributed by atoms with van der Waals surface area (Å²) in [5.74, 6) is -1.57. The van der Waals surface area contributed by atoms with Crippen molar-refractivity contribution in [1.82, 2.24) is 0 Å². The van der Waals surface area contributed by atoms with Crippen LogP contribution in [0.2, 0.25) is 10.0 Å². The Bertz CT molecular complexity index is 690. The number of amides is 2. The highest BCUT2D eigenvalue weighted by Crippen LogP contribution is 2.25. The molecule has 0 radical (unpaired) electrons. The minimum Gasteiger partial charge on any atom is -0.318 e. The summed E-state index contributed by atoms with van der Waals surface area (Å²) in [5, 5.41) is 5.59. The zero-order valence-corrected chi connectivity index (χ0v) is 13.6. The predicted molar refractivity (Wildman–Crippen MR) is 87.9 cm³/mol. The van der Waals surface area contributed by atoms with Gasteiger partial charge in [0, 0.05) is 15.8 Å². The number of halogens is 3. The van der Waals surface area contributed by atoms with Crippen molar-refractivity contribution in [3.8, 4) is 0 Å². The highest BCUT2D eigenvalue weighted by molar-refractivity contribution is 9.10. The normalized spacial score (nSPS) is 10.0. The van der Waals surface area contributed by atoms with Crippen LogP contribution in [-0.4, -0.2) is 11.8 Å². The quantitative estimate of drug-likeness (QED) is 0.753. The van der Waals surface area contributed by atoms with Crippen LogP contribution in [0.3, 0.4) is 0 Å². The molecule has 4 nitrogen and oxygen atoms in total. The summed E-state index contributed by atoms with van der Waals surface area (Å²) in [5.41, 5.74) is 0.910. The van der Waals surface area contributed by atoms with Gasteiger partial charge in [0.05, 0.1) is 10.0 Å². The Morgan fingerprint density at radius 1 is 0.810 bits per heavy atom. The summed E-state index contributed by atoms with van der Waals surface area (Å²) >= 11 is 14.9. The molecule has 108 valence electrons. The molecule has 0 bridgehead atoms. The van der Waals surface area contributed by atoms with Gasteiger partial charge in [0.15, 0.2) is 0 Å². The van der Waals surface area contributed by atoms with Crippen molar-refractivity contribution < 1.29 is 9.59 Å². The lowest BCUT2D eigenvalue weighted by Gasteiger charge is -2.07. The number of nitrogens with one attached hydrogen (secondary N) is 2. The van der Waals surface area contributed by atoms with Crippen molar-refractivity contribution in [2.75, 3.05) is 10.6 Å². The second kappa shape index (κ2) is 6.93. The van der Waals surface area contributed by atoms with Gasteiger partial charge in [-0.3, -0.25) is 9.59 Å². The average molecular weight is 388 g/mol. The first-order chi connectivity index (χ1) is 9.95. The Morgan fingerprint density at radius 3 is 1.90 bits per heavy atom. The number of hydrogen-bond donors (Lipinski definition) is 2. The first-order valence-corrected chi connectivity index (χ1v) is 7.33. The minimum atomic E-state index is -0.795. The van der Waals surface area contributed by atoms with Gasteiger partial charge in [0.25, 0.3) is 0 Å². The maximum Gasteiger partial charge on any atom is 0.314 e. The van der Waals surface area contributed by atoms with Crippen LogP contribution in [0.25, 0.3) is 0 Å². The van der Waals surface area contributed by atoms with Crippen LogP contribution in [0.15, 0.2) is 46.9 Å². The molecule has 7 heteroatoms. The molecule has 0 fully saturated rings. The minimum absolute atomic E-state index is 0.294. The third kappa shape index (κ3) is 4.46. The Hall–Kier alpha value is -1.56. The molecular formula is C14H9BrCl2N2O2. The molecule has 2 rings (SSSR count). The second-order valence-corrected chi connectivity index (χ2v) is 5.77. The lowest BCUT2D eigenvalue weighted by Crippen LogP contribution is -2.29. The van der Waals surface area contributed by atoms with E-state index in [2.05, 4.69) is 26.6 Å². The molecule has 0 aliphatic carbocycles. The van der Waals surface area contributed by atoms with Crippen molar-refractivity contribution in [1.29, 1.82) is 0 Å². The van der Waals surface area contributed by atoms with Crippen LogP contribution in [0, 0.1) is 0 Å². The molecular weight excluding hydrogens is 379 g/mol. The van der Waals surface area contributed by atoms with E-state index in [-0.39, 0.29) is 0 Å². The third-order valence-corrected chi connectivity index (χ3v) is 3.75. The average Bonchev–Trinajstić information content (AvgIpc) is 2.45. The third-order valence-electron chi connectivity index (χ3n) is 2.49. The summed E-state index contributed by atoms with van der Waals surface area (Å²) in [6.07, 6.45) is 0. The van der Waals surface area contributed by atoms with Gasteiger partial charge in [-0.05, 0) is 42.5 Å². The zero-order chi connectivity index (χ0) is 15.4. The Morgan fingerprint density at radius 2 is 1.33 bits per heavy atom. The fraction of sp³-hybridized carbons (Fsp3) is 0. The van der Waals surface area contributed by atoms with Crippen LogP contribution >= 0.6 is 39.1 Å². The van der Waals surface area contributed by atoms with E-state index in [4.69, 9.17) is 23.2 Å². The van der Waals surface area contributed by atoms with Crippen LogP contribution in [0.5, 0.6) is 0 Å². The lowest BCUT2D eigenvalue weighted by molar-refractivity contribution is -0.132. The first-order valence-electron chi connectivity index (χ1n) is 5.78. The number of carbonyl (C=O) groups excluding carboxylic acids is 2. The topological polar surface area (TPSA) is 58.2 Å². The van der Waals surface area contributed by atoms with E-state index in [9.17, 15) is 9.59 Å². The van der Waals surface area contributed by atoms with Crippen molar-refractivity contribution in [2.45, 2.75) is 0 Å². The van der Waals surface area contributed by atoms with Crippen LogP contribution in [-0.2, 0) is 9.59 Å². The highest BCUT2D eigenvalue weighted by Gasteiger charge is 2.14. The number of hydrogen-bond acceptors (Lipinski definition) is 2. The fourth-order valence-corrected chi connectivity index (χ4v) is 2.05. The van der Waals surface area contributed by atoms with Gasteiger partial charge in [-0.25, -0.2) is 0 Å². The molecule has 2 aromatic carbocycles. The number of rotatable bonds is 2. The van der Waals surface area contributed by atoms with E-state index in [1.807, 2.05) is 0 Å². The smallest absolute Gasteiger partial charge is 0.314 e. The number of anilines is 2. The van der Waals surface area contributed by atoms with Gasteiger partial charge >= 0.3 is 11.8 Å². The lowest BCUT2D eigenvalue weighted by atomic mass is 10.3. The van der Waals surface area contributed by atoms with Gasteiger partial charge < -0.3 is 10.6 Å². The summed E-state index contributed by atoms with van der Waals surface area (Å²) in [6, 6.07) is 11.4. The molecule has 0 atom stereocenters. The molecule has 21 heavy (non-hydrogen) atoms. The molecule has 2 N–H and O–H groups in total. The van der Waals surface area contributed by atoms with Crippen LogP contribution in [0.1, 0.15) is 0 Å². The summed E-state index contributed by atoms with van der Waals surface area (Å²) in [6.45, 7) is 0. The SMILES string of the molecule is O=C(Nc1ccc(Br)cc1)C(=O)Nc1ccc(Cl)c(Cl)c1. The molecule has 0 spiro atoms. The Balaban J connectivity index is 2.00. The van der Waals surface area contributed by atoms with Crippen molar-refractivity contribution in [3.63, 3.8) is 0 Å². The number of benzene rings is 2. The maximum absolute atomic E-state index is 11.8. The molecule has 0 aliphatic heterocycles. The van der Waals surface area contributed by atoms with Crippen LogP contribution in [0.4, 0.5) is 11.4 Å². The molecule has 0 saturated carbocycles. The maximum atomic E-state index is 11.8. The summed E-state index contributed by atoms with van der Waals surface area (Å²) in [7, 11) is 0. The van der Waals surface area contributed by atoms with E-state index < -0.39 is 11.8 Å². The first kappa shape index (κ1) is 15.8. The molecule has 2 amide bonds. The van der Waals surface area contributed by atoms with Gasteiger partial charge in [-0.15, -0.1) is 0 Å². The molecule has 0 aromatic heterocycles. The van der Waals surface area contributed by atoms with E-state index in [1.54, 1.807) is 30.3 Å². The predicted octanol–water partition coefficient (Wildman–Crippen LogP) is 4.33.